The summed E-state index contributed by atoms with van der Waals surface area (Å²) in [7, 11) is 3.98. The topological polar surface area (TPSA) is 55.9 Å². The maximum absolute atomic E-state index is 12.2. The summed E-state index contributed by atoms with van der Waals surface area (Å²) in [6.07, 6.45) is 2.05. The molecule has 21 heavy (non-hydrogen) atoms. The molecule has 1 saturated heterocycles. The smallest absolute Gasteiger partial charge is 0.240 e. The summed E-state index contributed by atoms with van der Waals surface area (Å²) in [5.74, 6) is 0.127. The summed E-state index contributed by atoms with van der Waals surface area (Å²) < 4.78 is 0. The Hall–Kier alpha value is -1.14. The molecule has 0 bridgehead atoms. The molecule has 122 valence electrons. The number of hydrogen-bond donors (Lipinski definition) is 1. The maximum atomic E-state index is 12.2. The summed E-state index contributed by atoms with van der Waals surface area (Å²) in [6.45, 7) is 8.64. The van der Waals surface area contributed by atoms with E-state index < -0.39 is 0 Å². The van der Waals surface area contributed by atoms with Gasteiger partial charge in [-0.15, -0.1) is 0 Å². The van der Waals surface area contributed by atoms with Crippen LogP contribution in [0, 0.1) is 0 Å². The minimum atomic E-state index is -0.273. The number of carbonyl (C=O) groups excluding carboxylic acids is 2. The molecule has 6 heteroatoms. The fourth-order valence-corrected chi connectivity index (χ4v) is 2.44. The Morgan fingerprint density at radius 1 is 1.48 bits per heavy atom. The first-order valence-electron chi connectivity index (χ1n) is 7.85. The largest absolute Gasteiger partial charge is 0.355 e. The van der Waals surface area contributed by atoms with Gasteiger partial charge in [-0.25, -0.2) is 0 Å². The highest BCUT2D eigenvalue weighted by Gasteiger charge is 2.39. The molecule has 2 unspecified atom stereocenters. The average Bonchev–Trinajstić information content (AvgIpc) is 2.72. The third-order valence-electron chi connectivity index (χ3n) is 4.02. The van der Waals surface area contributed by atoms with Gasteiger partial charge in [-0.3, -0.25) is 14.5 Å². The predicted octanol–water partition coefficient (Wildman–Crippen LogP) is 0.343. The molecule has 1 rings (SSSR count). The Bertz CT molecular complexity index is 360. The highest BCUT2D eigenvalue weighted by molar-refractivity contribution is 5.86. The van der Waals surface area contributed by atoms with Crippen molar-refractivity contribution >= 4 is 11.8 Å². The van der Waals surface area contributed by atoms with Crippen molar-refractivity contribution in [2.75, 3.05) is 40.4 Å². The number of carbonyl (C=O) groups is 2. The van der Waals surface area contributed by atoms with E-state index in [1.54, 1.807) is 0 Å². The van der Waals surface area contributed by atoms with Gasteiger partial charge in [0.25, 0.3) is 0 Å². The van der Waals surface area contributed by atoms with Crippen LogP contribution in [0.1, 0.15) is 33.6 Å². The summed E-state index contributed by atoms with van der Waals surface area (Å²) in [5.41, 5.74) is 0. The highest BCUT2D eigenvalue weighted by Crippen LogP contribution is 2.17. The third kappa shape index (κ3) is 4.97. The second-order valence-corrected chi connectivity index (χ2v) is 6.06. The van der Waals surface area contributed by atoms with Crippen molar-refractivity contribution in [1.29, 1.82) is 0 Å². The Labute approximate surface area is 128 Å². The molecule has 0 aliphatic carbocycles. The van der Waals surface area contributed by atoms with Crippen LogP contribution < -0.4 is 5.32 Å². The quantitative estimate of drug-likeness (QED) is 0.657. The van der Waals surface area contributed by atoms with Gasteiger partial charge < -0.3 is 15.1 Å². The summed E-state index contributed by atoms with van der Waals surface area (Å²) >= 11 is 0. The molecule has 6 nitrogen and oxygen atoms in total. The molecule has 0 radical (unpaired) electrons. The molecule has 0 saturated carbocycles. The monoisotopic (exact) mass is 298 g/mol. The van der Waals surface area contributed by atoms with E-state index in [0.29, 0.717) is 19.8 Å². The molecule has 1 aliphatic heterocycles. The van der Waals surface area contributed by atoms with Gasteiger partial charge in [0.2, 0.25) is 11.8 Å². The van der Waals surface area contributed by atoms with Gasteiger partial charge in [-0.05, 0) is 34.4 Å². The fourth-order valence-electron chi connectivity index (χ4n) is 2.44. The molecule has 1 aliphatic rings. The number of amides is 2. The summed E-state index contributed by atoms with van der Waals surface area (Å²) in [5, 5.41) is 2.94. The number of unbranched alkanes of at least 4 members (excludes halogenated alkanes) is 1. The van der Waals surface area contributed by atoms with Crippen LogP contribution in [0.15, 0.2) is 0 Å². The maximum Gasteiger partial charge on any atom is 0.240 e. The number of nitrogens with one attached hydrogen (secondary N) is 1. The van der Waals surface area contributed by atoms with Crippen LogP contribution in [0.25, 0.3) is 0 Å². The van der Waals surface area contributed by atoms with Crippen LogP contribution >= 0.6 is 0 Å². The van der Waals surface area contributed by atoms with E-state index in [-0.39, 0.29) is 23.9 Å². The van der Waals surface area contributed by atoms with Crippen molar-refractivity contribution in [1.82, 2.24) is 20.0 Å². The number of rotatable bonds is 8. The van der Waals surface area contributed by atoms with Crippen LogP contribution in [0.5, 0.6) is 0 Å². The Morgan fingerprint density at radius 3 is 2.71 bits per heavy atom. The van der Waals surface area contributed by atoms with Gasteiger partial charge in [0.05, 0.1) is 18.8 Å². The first kappa shape index (κ1) is 17.9. The van der Waals surface area contributed by atoms with Gasteiger partial charge in [0, 0.05) is 19.6 Å². The minimum Gasteiger partial charge on any atom is -0.355 e. The molecule has 0 aromatic carbocycles. The van der Waals surface area contributed by atoms with Crippen LogP contribution in [-0.2, 0) is 9.59 Å². The van der Waals surface area contributed by atoms with Gasteiger partial charge in [-0.1, -0.05) is 13.3 Å². The zero-order valence-corrected chi connectivity index (χ0v) is 14.1. The molecular formula is C15H30N4O2. The SMILES string of the molecule is CCCCNC(=O)C(C)N1CN(CCN(C)C)C(=O)C1C. The number of likely N-dealkylation sites (N-methyl/N-ethyl adjacent to an activating group) is 1. The Kier molecular flexibility index (Phi) is 7.11. The van der Waals surface area contributed by atoms with E-state index in [2.05, 4.69) is 17.1 Å². The van der Waals surface area contributed by atoms with E-state index in [1.165, 1.54) is 0 Å². The van der Waals surface area contributed by atoms with Crippen molar-refractivity contribution < 1.29 is 9.59 Å². The zero-order chi connectivity index (χ0) is 16.0. The molecule has 2 amide bonds. The van der Waals surface area contributed by atoms with Crippen molar-refractivity contribution in [3.05, 3.63) is 0 Å². The number of hydrogen-bond acceptors (Lipinski definition) is 4. The molecule has 1 fully saturated rings. The Balaban J connectivity index is 2.54. The van der Waals surface area contributed by atoms with Crippen LogP contribution in [-0.4, -0.2) is 79.0 Å². The van der Waals surface area contributed by atoms with E-state index in [4.69, 9.17) is 0 Å². The van der Waals surface area contributed by atoms with E-state index in [1.807, 2.05) is 37.7 Å². The lowest BCUT2D eigenvalue weighted by Crippen LogP contribution is -2.47. The lowest BCUT2D eigenvalue weighted by atomic mass is 10.2. The second kappa shape index (κ2) is 8.34. The molecule has 0 spiro atoms. The summed E-state index contributed by atoms with van der Waals surface area (Å²) in [4.78, 5) is 30.3. The van der Waals surface area contributed by atoms with Gasteiger partial charge in [-0.2, -0.15) is 0 Å². The second-order valence-electron chi connectivity index (χ2n) is 6.06. The lowest BCUT2D eigenvalue weighted by Gasteiger charge is -2.26. The molecule has 1 N–H and O–H groups in total. The van der Waals surface area contributed by atoms with E-state index in [0.717, 1.165) is 19.4 Å². The van der Waals surface area contributed by atoms with Gasteiger partial charge >= 0.3 is 0 Å². The van der Waals surface area contributed by atoms with Gasteiger partial charge in [0.1, 0.15) is 0 Å². The van der Waals surface area contributed by atoms with Crippen molar-refractivity contribution in [3.63, 3.8) is 0 Å². The van der Waals surface area contributed by atoms with E-state index >= 15 is 0 Å². The number of nitrogens with zero attached hydrogens (tertiary/aromatic N) is 3. The zero-order valence-electron chi connectivity index (χ0n) is 14.1. The Morgan fingerprint density at radius 2 is 2.14 bits per heavy atom. The molecule has 1 heterocycles. The van der Waals surface area contributed by atoms with Crippen LogP contribution in [0.2, 0.25) is 0 Å². The molecule has 0 aromatic rings. The predicted molar refractivity (Wildman–Crippen MR) is 83.8 cm³/mol. The van der Waals surface area contributed by atoms with Crippen LogP contribution in [0.3, 0.4) is 0 Å². The lowest BCUT2D eigenvalue weighted by molar-refractivity contribution is -0.129. The average molecular weight is 298 g/mol. The first-order chi connectivity index (χ1) is 9.88. The van der Waals surface area contributed by atoms with Crippen LogP contribution in [0.4, 0.5) is 0 Å². The molecule has 0 aromatic heterocycles. The van der Waals surface area contributed by atoms with Gasteiger partial charge in [0.15, 0.2) is 0 Å². The molecular weight excluding hydrogens is 268 g/mol. The van der Waals surface area contributed by atoms with Crippen molar-refractivity contribution in [2.24, 2.45) is 0 Å². The highest BCUT2D eigenvalue weighted by atomic mass is 16.2. The third-order valence-corrected chi connectivity index (χ3v) is 4.02. The summed E-state index contributed by atoms with van der Waals surface area (Å²) in [6, 6.07) is -0.496. The van der Waals surface area contributed by atoms with Crippen molar-refractivity contribution in [2.45, 2.75) is 45.7 Å². The van der Waals surface area contributed by atoms with Crippen molar-refractivity contribution in [3.8, 4) is 0 Å². The van der Waals surface area contributed by atoms with E-state index in [9.17, 15) is 9.59 Å². The first-order valence-corrected chi connectivity index (χ1v) is 7.85. The standard InChI is InChI=1S/C15H30N4O2/c1-6-7-8-16-14(20)12(2)19-11-18(10-9-17(4)5)15(21)13(19)3/h12-13H,6-11H2,1-5H3,(H,16,20). The molecule has 2 atom stereocenters. The minimum absolute atomic E-state index is 0.0116. The fraction of sp³-hybridized carbons (Fsp3) is 0.867. The normalized spacial score (nSPS) is 21.1.